The van der Waals surface area contributed by atoms with E-state index in [0.29, 0.717) is 0 Å². The average Bonchev–Trinajstić information content (AvgIpc) is 2.84. The largest absolute Gasteiger partial charge is 0.436 e. The van der Waals surface area contributed by atoms with E-state index < -0.39 is 0 Å². The molecular formula is C16H11Cl2NO. The molecule has 4 heteroatoms. The maximum absolute atomic E-state index is 5.60. The van der Waals surface area contributed by atoms with Crippen LogP contribution in [-0.2, 0) is 0 Å². The summed E-state index contributed by atoms with van der Waals surface area (Å²) >= 11 is 11.2. The van der Waals surface area contributed by atoms with Crippen molar-refractivity contribution in [3.8, 4) is 11.3 Å². The van der Waals surface area contributed by atoms with E-state index in [1.165, 1.54) is 16.0 Å². The summed E-state index contributed by atoms with van der Waals surface area (Å²) in [7, 11) is 0. The van der Waals surface area contributed by atoms with Crippen LogP contribution in [0, 0.1) is 17.4 Å². The minimum Gasteiger partial charge on any atom is -0.436 e. The van der Waals surface area contributed by atoms with Gasteiger partial charge in [-0.05, 0) is 29.8 Å². The molecule has 0 fully saturated rings. The Morgan fingerprint density at radius 1 is 1.00 bits per heavy atom. The van der Waals surface area contributed by atoms with E-state index in [1.54, 1.807) is 6.26 Å². The Morgan fingerprint density at radius 2 is 1.75 bits per heavy atom. The molecule has 1 aromatic heterocycles. The highest BCUT2D eigenvalue weighted by atomic mass is 35.5. The van der Waals surface area contributed by atoms with Crippen molar-refractivity contribution in [2.45, 2.75) is 6.92 Å². The van der Waals surface area contributed by atoms with Crippen molar-refractivity contribution in [3.63, 3.8) is 0 Å². The predicted octanol–water partition coefficient (Wildman–Crippen LogP) is 5.24. The Bertz CT molecular complexity index is 838. The number of aromatic nitrogens is 1. The molecule has 0 radical (unpaired) electrons. The number of benzene rings is 2. The van der Waals surface area contributed by atoms with Crippen LogP contribution in [0.1, 0.15) is 5.56 Å². The topological polar surface area (TPSA) is 26.0 Å². The summed E-state index contributed by atoms with van der Waals surface area (Å²) in [5, 5.41) is 3.64. The van der Waals surface area contributed by atoms with Crippen LogP contribution in [0.2, 0.25) is 10.4 Å². The van der Waals surface area contributed by atoms with Crippen LogP contribution < -0.4 is 0 Å². The summed E-state index contributed by atoms with van der Waals surface area (Å²) in [5.74, 6) is 0. The van der Waals surface area contributed by atoms with Crippen LogP contribution >= 0.6 is 23.2 Å². The van der Waals surface area contributed by atoms with Gasteiger partial charge in [0.15, 0.2) is 0 Å². The first-order chi connectivity index (χ1) is 9.63. The molecule has 0 aliphatic heterocycles. The molecule has 0 saturated carbocycles. The van der Waals surface area contributed by atoms with Gasteiger partial charge in [-0.15, -0.1) is 0 Å². The van der Waals surface area contributed by atoms with Gasteiger partial charge in [0.2, 0.25) is 0 Å². The van der Waals surface area contributed by atoms with E-state index >= 15 is 0 Å². The van der Waals surface area contributed by atoms with E-state index in [1.807, 2.05) is 43.3 Å². The molecular weight excluding hydrogens is 293 g/mol. The van der Waals surface area contributed by atoms with Crippen LogP contribution in [-0.4, -0.2) is 4.98 Å². The lowest BCUT2D eigenvalue weighted by Crippen LogP contribution is -1.84. The quantitative estimate of drug-likeness (QED) is 0.480. The van der Waals surface area contributed by atoms with Gasteiger partial charge in [-0.25, -0.2) is 0 Å². The minimum absolute atomic E-state index is 0.176. The van der Waals surface area contributed by atoms with Gasteiger partial charge in [0.05, 0.1) is 0 Å². The summed E-state index contributed by atoms with van der Waals surface area (Å²) in [4.78, 5) is 4.01. The number of rotatable bonds is 1. The number of hydrogen-bond donors (Lipinski definition) is 0. The van der Waals surface area contributed by atoms with Gasteiger partial charge in [-0.3, -0.25) is 0 Å². The Balaban J connectivity index is 0.000000144. The second kappa shape index (κ2) is 5.31. The smallest absolute Gasteiger partial charge is 0.292 e. The van der Waals surface area contributed by atoms with Gasteiger partial charge in [0.1, 0.15) is 12.0 Å². The third kappa shape index (κ3) is 2.58. The second-order valence-electron chi connectivity index (χ2n) is 4.55. The van der Waals surface area contributed by atoms with Crippen molar-refractivity contribution in [2.24, 2.45) is 0 Å². The molecule has 2 aromatic rings. The molecule has 0 N–H and O–H groups in total. The molecule has 0 amide bonds. The van der Waals surface area contributed by atoms with Crippen molar-refractivity contribution < 1.29 is 4.42 Å². The van der Waals surface area contributed by atoms with Crippen LogP contribution in [0.4, 0.5) is 0 Å². The van der Waals surface area contributed by atoms with Gasteiger partial charge >= 0.3 is 0 Å². The highest BCUT2D eigenvalue weighted by Crippen LogP contribution is 2.21. The Kier molecular flexibility index (Phi) is 3.51. The third-order valence-corrected chi connectivity index (χ3v) is 3.59. The maximum atomic E-state index is 5.60. The lowest BCUT2D eigenvalue weighted by atomic mass is 10.1. The number of aryl methyl sites for hydroxylation is 1. The summed E-state index contributed by atoms with van der Waals surface area (Å²) in [6.07, 6.45) is 1.55. The molecule has 0 unspecified atom stereocenters. The van der Waals surface area contributed by atoms with Crippen LogP contribution in [0.5, 0.6) is 0 Å². The molecule has 2 aliphatic rings. The van der Waals surface area contributed by atoms with Gasteiger partial charge in [-0.1, -0.05) is 53.6 Å². The third-order valence-electron chi connectivity index (χ3n) is 3.10. The van der Waals surface area contributed by atoms with Gasteiger partial charge in [0, 0.05) is 15.8 Å². The molecule has 0 saturated heterocycles. The Labute approximate surface area is 126 Å². The monoisotopic (exact) mass is 303 g/mol. The zero-order valence-corrected chi connectivity index (χ0v) is 12.2. The molecule has 0 bridgehead atoms. The predicted molar refractivity (Wildman–Crippen MR) is 80.8 cm³/mol. The summed E-state index contributed by atoms with van der Waals surface area (Å²) < 4.78 is 4.90. The second-order valence-corrected chi connectivity index (χ2v) is 5.28. The van der Waals surface area contributed by atoms with Crippen molar-refractivity contribution in [2.75, 3.05) is 0 Å². The fourth-order valence-electron chi connectivity index (χ4n) is 1.85. The van der Waals surface area contributed by atoms with E-state index in [4.69, 9.17) is 27.6 Å². The molecule has 2 nitrogen and oxygen atoms in total. The molecule has 1 aromatic carbocycles. The molecule has 2 aliphatic carbocycles. The molecule has 0 spiro atoms. The Morgan fingerprint density at radius 3 is 2.10 bits per heavy atom. The molecule has 0 atom stereocenters. The number of oxazole rings is 1. The number of halogens is 2. The standard InChI is InChI=1S/C10H8ClNO.C6H3Cl/c1-7-2-4-8(5-3-7)9-6-13-10(11)12-9;7-6-3-4-1-2-5(4)6/h2-6H,1H3;1-3H. The highest BCUT2D eigenvalue weighted by molar-refractivity contribution is 6.31. The number of nitrogens with zero attached hydrogens (tertiary/aromatic N) is 1. The van der Waals surface area contributed by atoms with Crippen LogP contribution in [0.3, 0.4) is 0 Å². The molecule has 20 heavy (non-hydrogen) atoms. The van der Waals surface area contributed by atoms with Crippen LogP contribution in [0.25, 0.3) is 11.3 Å². The SMILES string of the molecule is Cc1ccc(-c2coc(Cl)n2)cc1.Clc1cc2ccc1=2. The van der Waals surface area contributed by atoms with E-state index in [0.717, 1.165) is 16.3 Å². The first-order valence-electron chi connectivity index (χ1n) is 6.11. The Hall–Kier alpha value is -1.77. The molecule has 100 valence electrons. The zero-order valence-electron chi connectivity index (χ0n) is 10.7. The lowest BCUT2D eigenvalue weighted by molar-refractivity contribution is 0.560. The molecule has 4 rings (SSSR count). The van der Waals surface area contributed by atoms with Crippen molar-refractivity contribution >= 4 is 23.2 Å². The highest BCUT2D eigenvalue weighted by Gasteiger charge is 2.02. The number of hydrogen-bond acceptors (Lipinski definition) is 2. The average molecular weight is 304 g/mol. The maximum Gasteiger partial charge on any atom is 0.292 e. The lowest BCUT2D eigenvalue weighted by Gasteiger charge is -2.01. The van der Waals surface area contributed by atoms with Crippen LogP contribution in [0.15, 0.2) is 53.1 Å². The zero-order chi connectivity index (χ0) is 14.1. The minimum atomic E-state index is 0.176. The fourth-order valence-corrected chi connectivity index (χ4v) is 2.28. The first-order valence-corrected chi connectivity index (χ1v) is 6.87. The van der Waals surface area contributed by atoms with E-state index in [9.17, 15) is 0 Å². The van der Waals surface area contributed by atoms with E-state index in [2.05, 4.69) is 11.1 Å². The summed E-state index contributed by atoms with van der Waals surface area (Å²) in [6, 6.07) is 14.1. The fraction of sp³-hybridized carbons (Fsp3) is 0.0625. The van der Waals surface area contributed by atoms with Crippen molar-refractivity contribution in [1.82, 2.24) is 4.98 Å². The van der Waals surface area contributed by atoms with Gasteiger partial charge in [-0.2, -0.15) is 4.98 Å². The summed E-state index contributed by atoms with van der Waals surface area (Å²) in [5.41, 5.74) is 3.00. The summed E-state index contributed by atoms with van der Waals surface area (Å²) in [6.45, 7) is 2.04. The van der Waals surface area contributed by atoms with E-state index in [-0.39, 0.29) is 5.35 Å². The first kappa shape index (κ1) is 13.2. The molecule has 1 heterocycles. The normalized spacial score (nSPS) is 10.8. The van der Waals surface area contributed by atoms with Gasteiger partial charge < -0.3 is 4.42 Å². The van der Waals surface area contributed by atoms with Crippen molar-refractivity contribution in [3.05, 3.63) is 75.1 Å². The van der Waals surface area contributed by atoms with Gasteiger partial charge in [0.25, 0.3) is 5.35 Å². The van der Waals surface area contributed by atoms with Crippen molar-refractivity contribution in [1.29, 1.82) is 0 Å².